The topological polar surface area (TPSA) is 66.7 Å². The number of aliphatic imine (C=N–C) groups is 1. The molecule has 28 heavy (non-hydrogen) atoms. The largest absolute Gasteiger partial charge is 0.495 e. The number of guanidine groups is 1. The highest BCUT2D eigenvalue weighted by atomic mass is 16.5. The Hall–Kier alpha value is -2.70. The lowest BCUT2D eigenvalue weighted by Crippen LogP contribution is -2.44. The minimum Gasteiger partial charge on any atom is -0.495 e. The molecule has 150 valence electrons. The maximum atomic E-state index is 5.51. The Labute approximate surface area is 166 Å². The van der Waals surface area contributed by atoms with Crippen LogP contribution in [0.5, 0.6) is 5.75 Å². The molecular formula is C21H30N6O. The predicted molar refractivity (Wildman–Crippen MR) is 112 cm³/mol. The van der Waals surface area contributed by atoms with E-state index in [1.165, 1.54) is 18.7 Å². The molecule has 3 heterocycles. The molecule has 1 unspecified atom stereocenters. The number of aromatic nitrogens is 2. The molecule has 7 nitrogen and oxygen atoms in total. The van der Waals surface area contributed by atoms with Crippen molar-refractivity contribution in [3.05, 3.63) is 42.0 Å². The summed E-state index contributed by atoms with van der Waals surface area (Å²) in [7, 11) is 3.55. The van der Waals surface area contributed by atoms with Crippen LogP contribution in [0.2, 0.25) is 0 Å². The maximum Gasteiger partial charge on any atom is 0.191 e. The molecule has 7 heteroatoms. The van der Waals surface area contributed by atoms with Crippen molar-refractivity contribution in [1.29, 1.82) is 0 Å². The summed E-state index contributed by atoms with van der Waals surface area (Å²) in [4.78, 5) is 11.5. The van der Waals surface area contributed by atoms with E-state index in [0.29, 0.717) is 12.6 Å². The fourth-order valence-electron chi connectivity index (χ4n) is 4.11. The van der Waals surface area contributed by atoms with Gasteiger partial charge >= 0.3 is 0 Å². The number of benzene rings is 1. The molecule has 1 saturated heterocycles. The van der Waals surface area contributed by atoms with E-state index in [0.717, 1.165) is 55.6 Å². The number of nitrogens with zero attached hydrogens (tertiary/aromatic N) is 4. The van der Waals surface area contributed by atoms with Crippen molar-refractivity contribution in [2.75, 3.05) is 32.1 Å². The van der Waals surface area contributed by atoms with Gasteiger partial charge < -0.3 is 24.8 Å². The number of anilines is 1. The van der Waals surface area contributed by atoms with Crippen LogP contribution in [0.25, 0.3) is 0 Å². The second-order valence-corrected chi connectivity index (χ2v) is 7.47. The van der Waals surface area contributed by atoms with Crippen LogP contribution < -0.4 is 20.3 Å². The first kappa shape index (κ1) is 18.7. The molecule has 0 amide bonds. The van der Waals surface area contributed by atoms with Gasteiger partial charge in [0.25, 0.3) is 0 Å². The van der Waals surface area contributed by atoms with Gasteiger partial charge in [0, 0.05) is 45.3 Å². The molecule has 2 aliphatic heterocycles. The molecule has 4 rings (SSSR count). The standard InChI is InChI=1S/C21H30N6O/c1-22-21(23-13-17-15-27-11-6-5-9-20(27)24-17)25-16-10-12-26(14-16)18-7-3-4-8-19(18)28-2/h3-4,7-8,15-16H,5-6,9-14H2,1-2H3,(H2,22,23,25). The molecule has 2 aromatic rings. The Balaban J connectivity index is 1.31. The average molecular weight is 383 g/mol. The lowest BCUT2D eigenvalue weighted by atomic mass is 10.2. The van der Waals surface area contributed by atoms with Gasteiger partial charge in [-0.05, 0) is 31.4 Å². The highest BCUT2D eigenvalue weighted by molar-refractivity contribution is 5.80. The lowest BCUT2D eigenvalue weighted by molar-refractivity contribution is 0.415. The fourth-order valence-corrected chi connectivity index (χ4v) is 4.11. The summed E-state index contributed by atoms with van der Waals surface area (Å²) in [5.74, 6) is 2.97. The number of fused-ring (bicyclic) bond motifs is 1. The Bertz CT molecular complexity index is 807. The molecule has 2 N–H and O–H groups in total. The molecule has 1 aromatic heterocycles. The van der Waals surface area contributed by atoms with E-state index in [-0.39, 0.29) is 0 Å². The van der Waals surface area contributed by atoms with Crippen molar-refractivity contribution in [2.24, 2.45) is 4.99 Å². The molecule has 1 aromatic carbocycles. The highest BCUT2D eigenvalue weighted by Crippen LogP contribution is 2.30. The van der Waals surface area contributed by atoms with Crippen LogP contribution in [0.4, 0.5) is 5.69 Å². The predicted octanol–water partition coefficient (Wildman–Crippen LogP) is 2.17. The molecule has 0 bridgehead atoms. The lowest BCUT2D eigenvalue weighted by Gasteiger charge is -2.22. The van der Waals surface area contributed by atoms with Crippen molar-refractivity contribution in [3.8, 4) is 5.75 Å². The minimum absolute atomic E-state index is 0.353. The summed E-state index contributed by atoms with van der Waals surface area (Å²) in [5, 5.41) is 6.98. The molecule has 2 aliphatic rings. The number of para-hydroxylation sites is 2. The van der Waals surface area contributed by atoms with Gasteiger partial charge in [0.1, 0.15) is 11.6 Å². The first-order valence-corrected chi connectivity index (χ1v) is 10.2. The first-order chi connectivity index (χ1) is 13.8. The summed E-state index contributed by atoms with van der Waals surface area (Å²) in [6.07, 6.45) is 6.83. The summed E-state index contributed by atoms with van der Waals surface area (Å²) in [6, 6.07) is 8.55. The smallest absolute Gasteiger partial charge is 0.191 e. The van der Waals surface area contributed by atoms with Crippen molar-refractivity contribution in [1.82, 2.24) is 20.2 Å². The van der Waals surface area contributed by atoms with Crippen molar-refractivity contribution in [2.45, 2.75) is 44.8 Å². The van der Waals surface area contributed by atoms with E-state index in [1.807, 2.05) is 19.2 Å². The van der Waals surface area contributed by atoms with Gasteiger partial charge in [-0.25, -0.2) is 4.98 Å². The zero-order valence-corrected chi connectivity index (χ0v) is 16.8. The second kappa shape index (κ2) is 8.54. The van der Waals surface area contributed by atoms with E-state index in [9.17, 15) is 0 Å². The van der Waals surface area contributed by atoms with Crippen molar-refractivity contribution < 1.29 is 4.74 Å². The van der Waals surface area contributed by atoms with Crippen LogP contribution >= 0.6 is 0 Å². The first-order valence-electron chi connectivity index (χ1n) is 10.2. The Morgan fingerprint density at radius 3 is 3.00 bits per heavy atom. The van der Waals surface area contributed by atoms with E-state index >= 15 is 0 Å². The third-order valence-electron chi connectivity index (χ3n) is 5.57. The third-order valence-corrected chi connectivity index (χ3v) is 5.57. The summed E-state index contributed by atoms with van der Waals surface area (Å²) in [5.41, 5.74) is 2.24. The Morgan fingerprint density at radius 2 is 2.18 bits per heavy atom. The van der Waals surface area contributed by atoms with E-state index < -0.39 is 0 Å². The third kappa shape index (κ3) is 4.08. The molecular weight excluding hydrogens is 352 g/mol. The maximum absolute atomic E-state index is 5.51. The normalized spacial score (nSPS) is 19.4. The van der Waals surface area contributed by atoms with E-state index in [2.05, 4.69) is 43.4 Å². The van der Waals surface area contributed by atoms with Gasteiger partial charge in [-0.2, -0.15) is 0 Å². The number of methoxy groups -OCH3 is 1. The zero-order valence-electron chi connectivity index (χ0n) is 16.8. The summed E-state index contributed by atoms with van der Waals surface area (Å²) in [6.45, 7) is 3.72. The molecule has 0 radical (unpaired) electrons. The quantitative estimate of drug-likeness (QED) is 0.613. The van der Waals surface area contributed by atoms with Gasteiger partial charge in [0.15, 0.2) is 5.96 Å². The average Bonchev–Trinajstić information content (AvgIpc) is 3.37. The van der Waals surface area contributed by atoms with Gasteiger partial charge in [0.2, 0.25) is 0 Å². The van der Waals surface area contributed by atoms with E-state index in [4.69, 9.17) is 9.72 Å². The van der Waals surface area contributed by atoms with Gasteiger partial charge in [-0.3, -0.25) is 4.99 Å². The Morgan fingerprint density at radius 1 is 1.29 bits per heavy atom. The minimum atomic E-state index is 0.353. The zero-order chi connectivity index (χ0) is 19.3. The summed E-state index contributed by atoms with van der Waals surface area (Å²) >= 11 is 0. The summed E-state index contributed by atoms with van der Waals surface area (Å²) < 4.78 is 7.80. The number of ether oxygens (including phenoxy) is 1. The number of aryl methyl sites for hydroxylation is 2. The molecule has 1 atom stereocenters. The fraction of sp³-hybridized carbons (Fsp3) is 0.524. The van der Waals surface area contributed by atoms with Crippen LogP contribution in [-0.4, -0.2) is 48.8 Å². The highest BCUT2D eigenvalue weighted by Gasteiger charge is 2.25. The van der Waals surface area contributed by atoms with Crippen LogP contribution in [0.3, 0.4) is 0 Å². The van der Waals surface area contributed by atoms with Gasteiger partial charge in [-0.1, -0.05) is 12.1 Å². The second-order valence-electron chi connectivity index (χ2n) is 7.47. The van der Waals surface area contributed by atoms with Crippen LogP contribution in [0.15, 0.2) is 35.5 Å². The Kier molecular flexibility index (Phi) is 5.69. The molecule has 0 saturated carbocycles. The molecule has 0 spiro atoms. The number of hydrogen-bond acceptors (Lipinski definition) is 4. The van der Waals surface area contributed by atoms with E-state index in [1.54, 1.807) is 7.11 Å². The molecule has 0 aliphatic carbocycles. The number of rotatable bonds is 5. The number of imidazole rings is 1. The van der Waals surface area contributed by atoms with Crippen LogP contribution in [-0.2, 0) is 19.5 Å². The number of hydrogen-bond donors (Lipinski definition) is 2. The molecule has 1 fully saturated rings. The van der Waals surface area contributed by atoms with Crippen molar-refractivity contribution in [3.63, 3.8) is 0 Å². The van der Waals surface area contributed by atoms with Gasteiger partial charge in [0.05, 0.1) is 25.0 Å². The number of nitrogens with one attached hydrogen (secondary N) is 2. The van der Waals surface area contributed by atoms with Crippen LogP contribution in [0.1, 0.15) is 30.8 Å². The van der Waals surface area contributed by atoms with Crippen LogP contribution in [0, 0.1) is 0 Å². The van der Waals surface area contributed by atoms with Crippen molar-refractivity contribution >= 4 is 11.6 Å². The van der Waals surface area contributed by atoms with Gasteiger partial charge in [-0.15, -0.1) is 0 Å². The monoisotopic (exact) mass is 382 g/mol. The SMILES string of the molecule is CN=C(NCc1cn2c(n1)CCCC2)NC1CCN(c2ccccc2OC)C1.